The minimum Gasteiger partial charge on any atom is -0.368 e. The van der Waals surface area contributed by atoms with Crippen molar-refractivity contribution >= 4 is 31.9 Å². The van der Waals surface area contributed by atoms with E-state index in [4.69, 9.17) is 4.74 Å². The molecule has 0 saturated carbocycles. The standard InChI is InChI=1S/C15H13Br2FO/c16-9-15(11-5-7-13(17)8-6-11)19-10-12-3-1-2-4-14(12)18/h1-8,15H,9-10H2. The van der Waals surface area contributed by atoms with Crippen molar-refractivity contribution in [3.8, 4) is 0 Å². The number of ether oxygens (including phenoxy) is 1. The van der Waals surface area contributed by atoms with E-state index in [9.17, 15) is 4.39 Å². The van der Waals surface area contributed by atoms with Gasteiger partial charge in [-0.15, -0.1) is 0 Å². The Hall–Kier alpha value is -0.710. The summed E-state index contributed by atoms with van der Waals surface area (Å²) in [6.45, 7) is 0.263. The Balaban J connectivity index is 2.04. The van der Waals surface area contributed by atoms with Crippen molar-refractivity contribution in [2.75, 3.05) is 5.33 Å². The van der Waals surface area contributed by atoms with Crippen LogP contribution in [-0.2, 0) is 11.3 Å². The van der Waals surface area contributed by atoms with E-state index in [-0.39, 0.29) is 18.5 Å². The average molecular weight is 388 g/mol. The predicted octanol–water partition coefficient (Wildman–Crippen LogP) is 5.24. The molecule has 0 aromatic heterocycles. The number of alkyl halides is 1. The number of benzene rings is 2. The highest BCUT2D eigenvalue weighted by atomic mass is 79.9. The Kier molecular flexibility index (Phi) is 5.55. The van der Waals surface area contributed by atoms with Crippen LogP contribution >= 0.6 is 31.9 Å². The van der Waals surface area contributed by atoms with Gasteiger partial charge >= 0.3 is 0 Å². The molecule has 0 radical (unpaired) electrons. The third kappa shape index (κ3) is 4.13. The highest BCUT2D eigenvalue weighted by Crippen LogP contribution is 2.23. The van der Waals surface area contributed by atoms with Crippen molar-refractivity contribution in [1.82, 2.24) is 0 Å². The molecule has 1 atom stereocenters. The molecule has 0 saturated heterocycles. The molecule has 0 N–H and O–H groups in total. The van der Waals surface area contributed by atoms with Crippen LogP contribution in [-0.4, -0.2) is 5.33 Å². The van der Waals surface area contributed by atoms with Gasteiger partial charge in [-0.25, -0.2) is 4.39 Å². The Morgan fingerprint density at radius 1 is 1.05 bits per heavy atom. The maximum Gasteiger partial charge on any atom is 0.128 e. The number of halogens is 3. The highest BCUT2D eigenvalue weighted by molar-refractivity contribution is 9.10. The van der Waals surface area contributed by atoms with E-state index in [0.717, 1.165) is 10.0 Å². The van der Waals surface area contributed by atoms with Crippen LogP contribution < -0.4 is 0 Å². The van der Waals surface area contributed by atoms with Crippen LogP contribution in [0.25, 0.3) is 0 Å². The van der Waals surface area contributed by atoms with Crippen LogP contribution in [0, 0.1) is 5.82 Å². The smallest absolute Gasteiger partial charge is 0.128 e. The normalized spacial score (nSPS) is 12.4. The summed E-state index contributed by atoms with van der Waals surface area (Å²) in [5.41, 5.74) is 1.64. The lowest BCUT2D eigenvalue weighted by molar-refractivity contribution is 0.0548. The van der Waals surface area contributed by atoms with Crippen molar-refractivity contribution in [3.05, 3.63) is 69.9 Å². The quantitative estimate of drug-likeness (QED) is 0.637. The van der Waals surface area contributed by atoms with E-state index < -0.39 is 0 Å². The van der Waals surface area contributed by atoms with Gasteiger partial charge < -0.3 is 4.74 Å². The molecule has 0 amide bonds. The molecule has 1 unspecified atom stereocenters. The second-order valence-electron chi connectivity index (χ2n) is 4.10. The summed E-state index contributed by atoms with van der Waals surface area (Å²) >= 11 is 6.83. The van der Waals surface area contributed by atoms with E-state index in [2.05, 4.69) is 31.9 Å². The first kappa shape index (κ1) is 14.7. The largest absolute Gasteiger partial charge is 0.368 e. The van der Waals surface area contributed by atoms with Gasteiger partial charge in [0.25, 0.3) is 0 Å². The van der Waals surface area contributed by atoms with E-state index in [1.165, 1.54) is 6.07 Å². The summed E-state index contributed by atoms with van der Waals surface area (Å²) in [5, 5.41) is 0.670. The van der Waals surface area contributed by atoms with Gasteiger partial charge in [0.1, 0.15) is 5.82 Å². The van der Waals surface area contributed by atoms with Gasteiger partial charge in [-0.3, -0.25) is 0 Å². The Morgan fingerprint density at radius 3 is 2.37 bits per heavy atom. The monoisotopic (exact) mass is 386 g/mol. The summed E-state index contributed by atoms with van der Waals surface area (Å²) in [6.07, 6.45) is -0.0901. The summed E-state index contributed by atoms with van der Waals surface area (Å²) < 4.78 is 20.3. The molecule has 0 heterocycles. The third-order valence-electron chi connectivity index (χ3n) is 2.78. The third-order valence-corrected chi connectivity index (χ3v) is 3.90. The first-order chi connectivity index (χ1) is 9.20. The Labute approximate surface area is 129 Å². The zero-order valence-corrected chi connectivity index (χ0v) is 13.3. The molecule has 0 aliphatic heterocycles. The fourth-order valence-corrected chi connectivity index (χ4v) is 2.54. The average Bonchev–Trinajstić information content (AvgIpc) is 2.43. The second-order valence-corrected chi connectivity index (χ2v) is 5.66. The van der Waals surface area contributed by atoms with E-state index in [1.807, 2.05) is 30.3 Å². The van der Waals surface area contributed by atoms with Gasteiger partial charge in [0, 0.05) is 15.4 Å². The van der Waals surface area contributed by atoms with Crippen LogP contribution in [0.3, 0.4) is 0 Å². The van der Waals surface area contributed by atoms with Gasteiger partial charge in [-0.1, -0.05) is 62.2 Å². The molecular formula is C15H13Br2FO. The Morgan fingerprint density at radius 2 is 1.74 bits per heavy atom. The summed E-state index contributed by atoms with van der Waals surface area (Å²) in [7, 11) is 0. The topological polar surface area (TPSA) is 9.23 Å². The molecule has 2 aromatic rings. The lowest BCUT2D eigenvalue weighted by atomic mass is 10.1. The summed E-state index contributed by atoms with van der Waals surface area (Å²) in [5.74, 6) is -0.230. The minimum absolute atomic E-state index is 0.0901. The molecular weight excluding hydrogens is 375 g/mol. The van der Waals surface area contributed by atoms with Gasteiger partial charge in [-0.05, 0) is 23.8 Å². The maximum atomic E-state index is 13.5. The molecule has 2 aromatic carbocycles. The van der Waals surface area contributed by atoms with Gasteiger partial charge in [-0.2, -0.15) is 0 Å². The molecule has 1 nitrogen and oxygen atoms in total. The number of rotatable bonds is 5. The first-order valence-corrected chi connectivity index (χ1v) is 7.78. The van der Waals surface area contributed by atoms with E-state index >= 15 is 0 Å². The van der Waals surface area contributed by atoms with E-state index in [0.29, 0.717) is 10.9 Å². The van der Waals surface area contributed by atoms with Crippen LogP contribution in [0.2, 0.25) is 0 Å². The van der Waals surface area contributed by atoms with Gasteiger partial charge in [0.2, 0.25) is 0 Å². The van der Waals surface area contributed by atoms with Gasteiger partial charge in [0.05, 0.1) is 12.7 Å². The molecule has 19 heavy (non-hydrogen) atoms. The van der Waals surface area contributed by atoms with Crippen molar-refractivity contribution in [2.24, 2.45) is 0 Å². The van der Waals surface area contributed by atoms with E-state index in [1.54, 1.807) is 12.1 Å². The van der Waals surface area contributed by atoms with Crippen molar-refractivity contribution < 1.29 is 9.13 Å². The number of hydrogen-bond acceptors (Lipinski definition) is 1. The Bertz CT molecular complexity index is 528. The molecule has 4 heteroatoms. The van der Waals surface area contributed by atoms with Crippen LogP contribution in [0.5, 0.6) is 0 Å². The molecule has 2 rings (SSSR count). The molecule has 100 valence electrons. The maximum absolute atomic E-state index is 13.5. The molecule has 0 spiro atoms. The SMILES string of the molecule is Fc1ccccc1COC(CBr)c1ccc(Br)cc1. The van der Waals surface area contributed by atoms with Crippen molar-refractivity contribution in [2.45, 2.75) is 12.7 Å². The fourth-order valence-electron chi connectivity index (χ4n) is 1.71. The van der Waals surface area contributed by atoms with Crippen molar-refractivity contribution in [1.29, 1.82) is 0 Å². The second kappa shape index (κ2) is 7.17. The molecule has 0 fully saturated rings. The van der Waals surface area contributed by atoms with Crippen LogP contribution in [0.1, 0.15) is 17.2 Å². The zero-order valence-electron chi connectivity index (χ0n) is 10.2. The van der Waals surface area contributed by atoms with Crippen LogP contribution in [0.15, 0.2) is 53.0 Å². The lowest BCUT2D eigenvalue weighted by Crippen LogP contribution is -2.06. The lowest BCUT2D eigenvalue weighted by Gasteiger charge is -2.16. The summed E-state index contributed by atoms with van der Waals surface area (Å²) in [4.78, 5) is 0. The highest BCUT2D eigenvalue weighted by Gasteiger charge is 2.11. The molecule has 0 bridgehead atoms. The fraction of sp³-hybridized carbons (Fsp3) is 0.200. The molecule has 0 aliphatic rings. The van der Waals surface area contributed by atoms with Crippen molar-refractivity contribution in [3.63, 3.8) is 0 Å². The minimum atomic E-state index is -0.230. The predicted molar refractivity (Wildman–Crippen MR) is 81.9 cm³/mol. The molecule has 0 aliphatic carbocycles. The zero-order chi connectivity index (χ0) is 13.7. The van der Waals surface area contributed by atoms with Crippen LogP contribution in [0.4, 0.5) is 4.39 Å². The van der Waals surface area contributed by atoms with Gasteiger partial charge in [0.15, 0.2) is 0 Å². The first-order valence-electron chi connectivity index (χ1n) is 5.87. The number of hydrogen-bond donors (Lipinski definition) is 0. The summed E-state index contributed by atoms with van der Waals surface area (Å²) in [6, 6.07) is 14.6.